The van der Waals surface area contributed by atoms with Crippen LogP contribution in [0.25, 0.3) is 5.69 Å². The minimum absolute atomic E-state index is 0.0742. The van der Waals surface area contributed by atoms with E-state index in [0.29, 0.717) is 12.1 Å². The Morgan fingerprint density at radius 2 is 1.89 bits per heavy atom. The quantitative estimate of drug-likeness (QED) is 0.694. The first-order valence-electron chi connectivity index (χ1n) is 9.40. The number of carbonyl (C=O) groups excluding carboxylic acids is 2. The molecule has 1 fully saturated rings. The van der Waals surface area contributed by atoms with E-state index >= 15 is 0 Å². The number of anilines is 1. The molecule has 1 aromatic heterocycles. The molecule has 3 aromatic rings. The predicted octanol–water partition coefficient (Wildman–Crippen LogP) is 3.46. The molecule has 6 heteroatoms. The Balaban J connectivity index is 1.41. The van der Waals surface area contributed by atoms with Crippen LogP contribution < -0.4 is 10.6 Å². The molecule has 0 radical (unpaired) electrons. The molecule has 2 amide bonds. The van der Waals surface area contributed by atoms with Gasteiger partial charge in [0.25, 0.3) is 5.91 Å². The highest BCUT2D eigenvalue weighted by Crippen LogP contribution is 2.30. The van der Waals surface area contributed by atoms with Crippen molar-refractivity contribution >= 4 is 17.5 Å². The minimum Gasteiger partial charge on any atom is -0.348 e. The summed E-state index contributed by atoms with van der Waals surface area (Å²) in [6, 6.07) is 17.3. The molecule has 28 heavy (non-hydrogen) atoms. The number of aromatic nitrogens is 2. The third kappa shape index (κ3) is 3.96. The van der Waals surface area contributed by atoms with Gasteiger partial charge in [0.15, 0.2) is 0 Å². The van der Waals surface area contributed by atoms with Crippen molar-refractivity contribution in [2.75, 3.05) is 5.32 Å². The van der Waals surface area contributed by atoms with E-state index in [-0.39, 0.29) is 17.7 Å². The molecule has 2 aromatic carbocycles. The lowest BCUT2D eigenvalue weighted by Crippen LogP contribution is -2.23. The maximum absolute atomic E-state index is 12.6. The molecule has 142 valence electrons. The van der Waals surface area contributed by atoms with Crippen molar-refractivity contribution in [2.24, 2.45) is 5.92 Å². The third-order valence-electron chi connectivity index (χ3n) is 4.85. The Labute approximate surface area is 163 Å². The molecule has 1 aliphatic rings. The number of amides is 2. The monoisotopic (exact) mass is 374 g/mol. The molecule has 0 spiro atoms. The highest BCUT2D eigenvalue weighted by Gasteiger charge is 2.29. The van der Waals surface area contributed by atoms with Gasteiger partial charge in [-0.25, -0.2) is 4.68 Å². The lowest BCUT2D eigenvalue weighted by atomic mass is 10.2. The lowest BCUT2D eigenvalue weighted by Gasteiger charge is -2.09. The Bertz CT molecular complexity index is 1010. The van der Waals surface area contributed by atoms with Gasteiger partial charge < -0.3 is 10.6 Å². The van der Waals surface area contributed by atoms with Crippen molar-refractivity contribution in [3.05, 3.63) is 77.6 Å². The van der Waals surface area contributed by atoms with E-state index in [4.69, 9.17) is 0 Å². The number of hydrogen-bond donors (Lipinski definition) is 2. The van der Waals surface area contributed by atoms with Crippen molar-refractivity contribution in [2.45, 2.75) is 26.3 Å². The average Bonchev–Trinajstić information content (AvgIpc) is 3.49. The number of hydrogen-bond acceptors (Lipinski definition) is 3. The zero-order valence-corrected chi connectivity index (χ0v) is 15.7. The second kappa shape index (κ2) is 7.68. The Hall–Kier alpha value is -3.41. The van der Waals surface area contributed by atoms with Crippen molar-refractivity contribution < 1.29 is 9.59 Å². The number of nitrogens with zero attached hydrogens (tertiary/aromatic N) is 2. The summed E-state index contributed by atoms with van der Waals surface area (Å²) in [5.74, 6) is 0.0599. The van der Waals surface area contributed by atoms with Gasteiger partial charge in [-0.2, -0.15) is 5.10 Å². The SMILES string of the molecule is Cc1c(C(=O)NCc2cccc(NC(=O)C3CC3)c2)cnn1-c1ccccc1. The second-order valence-electron chi connectivity index (χ2n) is 7.04. The standard InChI is InChI=1S/C22H22N4O2/c1-15-20(14-24-26(15)19-8-3-2-4-9-19)22(28)23-13-16-6-5-7-18(12-16)25-21(27)17-10-11-17/h2-9,12,14,17H,10-11,13H2,1H3,(H,23,28)(H,25,27). The number of nitrogens with one attached hydrogen (secondary N) is 2. The van der Waals surface area contributed by atoms with Crippen molar-refractivity contribution in [3.63, 3.8) is 0 Å². The normalized spacial score (nSPS) is 13.2. The molecule has 1 aliphatic carbocycles. The molecule has 0 atom stereocenters. The largest absolute Gasteiger partial charge is 0.348 e. The van der Waals surface area contributed by atoms with E-state index in [1.165, 1.54) is 0 Å². The molecule has 1 saturated carbocycles. The van der Waals surface area contributed by atoms with E-state index in [0.717, 1.165) is 35.5 Å². The van der Waals surface area contributed by atoms with Crippen LogP contribution in [0.3, 0.4) is 0 Å². The van der Waals surface area contributed by atoms with Gasteiger partial charge in [-0.05, 0) is 49.6 Å². The van der Waals surface area contributed by atoms with E-state index in [1.807, 2.05) is 61.5 Å². The lowest BCUT2D eigenvalue weighted by molar-refractivity contribution is -0.117. The summed E-state index contributed by atoms with van der Waals surface area (Å²) in [4.78, 5) is 24.5. The smallest absolute Gasteiger partial charge is 0.255 e. The van der Waals surface area contributed by atoms with E-state index < -0.39 is 0 Å². The fraction of sp³-hybridized carbons (Fsp3) is 0.227. The van der Waals surface area contributed by atoms with Gasteiger partial charge >= 0.3 is 0 Å². The van der Waals surface area contributed by atoms with Gasteiger partial charge in [-0.1, -0.05) is 30.3 Å². The second-order valence-corrected chi connectivity index (χ2v) is 7.04. The van der Waals surface area contributed by atoms with Crippen LogP contribution in [0, 0.1) is 12.8 Å². The van der Waals surface area contributed by atoms with Gasteiger partial charge in [-0.15, -0.1) is 0 Å². The first kappa shape index (κ1) is 18.0. The van der Waals surface area contributed by atoms with Crippen LogP contribution in [0.1, 0.15) is 34.5 Å². The Kier molecular flexibility index (Phi) is 4.93. The van der Waals surface area contributed by atoms with Crippen molar-refractivity contribution in [3.8, 4) is 5.69 Å². The highest BCUT2D eigenvalue weighted by atomic mass is 16.2. The van der Waals surface area contributed by atoms with Crippen LogP contribution in [0.2, 0.25) is 0 Å². The van der Waals surface area contributed by atoms with E-state index in [2.05, 4.69) is 15.7 Å². The fourth-order valence-electron chi connectivity index (χ4n) is 3.09. The molecule has 1 heterocycles. The molecule has 2 N–H and O–H groups in total. The van der Waals surface area contributed by atoms with Gasteiger partial charge in [0, 0.05) is 18.2 Å². The molecule has 4 rings (SSSR count). The zero-order chi connectivity index (χ0) is 19.5. The Morgan fingerprint density at radius 1 is 1.11 bits per heavy atom. The van der Waals surface area contributed by atoms with Gasteiger partial charge in [-0.3, -0.25) is 9.59 Å². The number of rotatable bonds is 6. The number of carbonyl (C=O) groups is 2. The molecule has 0 aliphatic heterocycles. The Morgan fingerprint density at radius 3 is 2.64 bits per heavy atom. The first-order valence-corrected chi connectivity index (χ1v) is 9.40. The first-order chi connectivity index (χ1) is 13.6. The summed E-state index contributed by atoms with van der Waals surface area (Å²) in [6.07, 6.45) is 3.53. The van der Waals surface area contributed by atoms with Crippen LogP contribution in [-0.4, -0.2) is 21.6 Å². The zero-order valence-electron chi connectivity index (χ0n) is 15.7. The summed E-state index contributed by atoms with van der Waals surface area (Å²) in [5.41, 5.74) is 3.93. The van der Waals surface area contributed by atoms with Gasteiger partial charge in [0.1, 0.15) is 0 Å². The van der Waals surface area contributed by atoms with Crippen molar-refractivity contribution in [1.82, 2.24) is 15.1 Å². The molecule has 0 bridgehead atoms. The number of benzene rings is 2. The van der Waals surface area contributed by atoms with Crippen LogP contribution in [0.5, 0.6) is 0 Å². The van der Waals surface area contributed by atoms with E-state index in [9.17, 15) is 9.59 Å². The summed E-state index contributed by atoms with van der Waals surface area (Å²) in [7, 11) is 0. The molecular formula is C22H22N4O2. The summed E-state index contributed by atoms with van der Waals surface area (Å²) >= 11 is 0. The van der Waals surface area contributed by atoms with Crippen molar-refractivity contribution in [1.29, 1.82) is 0 Å². The molecule has 0 saturated heterocycles. The third-order valence-corrected chi connectivity index (χ3v) is 4.85. The summed E-state index contributed by atoms with van der Waals surface area (Å²) in [5, 5.41) is 10.2. The fourth-order valence-corrected chi connectivity index (χ4v) is 3.09. The van der Waals surface area contributed by atoms with Crippen LogP contribution in [0.15, 0.2) is 60.8 Å². The number of para-hydroxylation sites is 1. The molecule has 6 nitrogen and oxygen atoms in total. The van der Waals surface area contributed by atoms with Crippen LogP contribution in [-0.2, 0) is 11.3 Å². The predicted molar refractivity (Wildman–Crippen MR) is 107 cm³/mol. The summed E-state index contributed by atoms with van der Waals surface area (Å²) < 4.78 is 1.75. The maximum Gasteiger partial charge on any atom is 0.255 e. The topological polar surface area (TPSA) is 76.0 Å². The highest BCUT2D eigenvalue weighted by molar-refractivity contribution is 5.95. The van der Waals surface area contributed by atoms with Gasteiger partial charge in [0.2, 0.25) is 5.91 Å². The molecule has 0 unspecified atom stereocenters. The van der Waals surface area contributed by atoms with Crippen LogP contribution in [0.4, 0.5) is 5.69 Å². The van der Waals surface area contributed by atoms with E-state index in [1.54, 1.807) is 10.9 Å². The molecular weight excluding hydrogens is 352 g/mol. The summed E-state index contributed by atoms with van der Waals surface area (Å²) in [6.45, 7) is 2.25. The van der Waals surface area contributed by atoms with Crippen LogP contribution >= 0.6 is 0 Å². The minimum atomic E-state index is -0.174. The average molecular weight is 374 g/mol. The van der Waals surface area contributed by atoms with Gasteiger partial charge in [0.05, 0.1) is 23.1 Å². The maximum atomic E-state index is 12.6.